The number of hydrogen-bond donors (Lipinski definition) is 0. The largest absolute Gasteiger partial charge is 0.278 e. The number of rotatable bonds is 4. The zero-order chi connectivity index (χ0) is 33.5. The normalized spacial score (nSPS) is 11.9. The second kappa shape index (κ2) is 10.8. The molecule has 2 heterocycles. The van der Waals surface area contributed by atoms with E-state index in [0.29, 0.717) is 5.95 Å². The maximum absolute atomic E-state index is 5.53. The van der Waals surface area contributed by atoms with Gasteiger partial charge in [0, 0.05) is 21.7 Å². The standard InChI is InChI=1S/C48H29N3/c1-3-14-30(15-4-1)33-28-40-36-27-26-32-18-7-8-20-35(32)44(36)39-23-13-25-42-45(39)46(40)43(29-33)51(42)48-49-41-24-12-11-22-38(41)47(50-48)37-21-10-9-19-34(37)31-16-5-2-6-17-31/h1-29H. The Labute approximate surface area is 294 Å². The molecule has 0 spiro atoms. The highest BCUT2D eigenvalue weighted by Gasteiger charge is 2.24. The summed E-state index contributed by atoms with van der Waals surface area (Å²) < 4.78 is 2.30. The molecule has 0 aliphatic heterocycles. The monoisotopic (exact) mass is 647 g/mol. The highest BCUT2D eigenvalue weighted by molar-refractivity contribution is 6.38. The Morgan fingerprint density at radius 3 is 1.86 bits per heavy atom. The molecule has 3 heteroatoms. The molecule has 0 radical (unpaired) electrons. The Bertz CT molecular complexity index is 3120. The van der Waals surface area contributed by atoms with Crippen LogP contribution in [0.1, 0.15) is 0 Å². The average molecular weight is 648 g/mol. The summed E-state index contributed by atoms with van der Waals surface area (Å²) in [5, 5.41) is 11.1. The van der Waals surface area contributed by atoms with Gasteiger partial charge in [0.05, 0.1) is 22.2 Å². The predicted octanol–water partition coefficient (Wildman–Crippen LogP) is 12.6. The van der Waals surface area contributed by atoms with E-state index < -0.39 is 0 Å². The van der Waals surface area contributed by atoms with Gasteiger partial charge in [0.2, 0.25) is 5.95 Å². The van der Waals surface area contributed by atoms with Crippen molar-refractivity contribution >= 4 is 65.0 Å². The summed E-state index contributed by atoms with van der Waals surface area (Å²) >= 11 is 0. The lowest BCUT2D eigenvalue weighted by Crippen LogP contribution is -2.04. The van der Waals surface area contributed by atoms with Gasteiger partial charge in [-0.2, -0.15) is 0 Å². The Morgan fingerprint density at radius 2 is 1.02 bits per heavy atom. The summed E-state index contributed by atoms with van der Waals surface area (Å²) in [6, 6.07) is 63.0. The lowest BCUT2D eigenvalue weighted by atomic mass is 9.89. The van der Waals surface area contributed by atoms with E-state index in [-0.39, 0.29) is 0 Å². The van der Waals surface area contributed by atoms with Gasteiger partial charge in [-0.25, -0.2) is 9.97 Å². The van der Waals surface area contributed by atoms with E-state index >= 15 is 0 Å². The molecule has 0 saturated carbocycles. The first-order chi connectivity index (χ1) is 25.3. The fourth-order valence-corrected chi connectivity index (χ4v) is 8.33. The molecule has 236 valence electrons. The molecule has 0 aliphatic carbocycles. The van der Waals surface area contributed by atoms with Gasteiger partial charge < -0.3 is 0 Å². The maximum Gasteiger partial charge on any atom is 0.235 e. The van der Waals surface area contributed by atoms with Crippen LogP contribution in [-0.2, 0) is 0 Å². The Hall–Kier alpha value is -6.84. The van der Waals surface area contributed by atoms with E-state index in [2.05, 4.69) is 180 Å². The van der Waals surface area contributed by atoms with Gasteiger partial charge >= 0.3 is 0 Å². The van der Waals surface area contributed by atoms with E-state index in [4.69, 9.17) is 9.97 Å². The fourth-order valence-electron chi connectivity index (χ4n) is 8.33. The first-order valence-electron chi connectivity index (χ1n) is 17.4. The minimum atomic E-state index is 0.663. The summed E-state index contributed by atoms with van der Waals surface area (Å²) in [6.45, 7) is 0. The molecule has 11 rings (SSSR count). The van der Waals surface area contributed by atoms with E-state index in [9.17, 15) is 0 Å². The van der Waals surface area contributed by atoms with E-state index in [1.807, 2.05) is 0 Å². The Kier molecular flexibility index (Phi) is 5.96. The topological polar surface area (TPSA) is 30.7 Å². The van der Waals surface area contributed by atoms with Gasteiger partial charge in [-0.1, -0.05) is 152 Å². The summed E-state index contributed by atoms with van der Waals surface area (Å²) in [7, 11) is 0. The second-order valence-electron chi connectivity index (χ2n) is 13.3. The highest BCUT2D eigenvalue weighted by Crippen LogP contribution is 2.47. The van der Waals surface area contributed by atoms with Crippen molar-refractivity contribution in [3.8, 4) is 39.5 Å². The van der Waals surface area contributed by atoms with Crippen LogP contribution in [0.4, 0.5) is 0 Å². The number of hydrogen-bond acceptors (Lipinski definition) is 2. The van der Waals surface area contributed by atoms with Crippen LogP contribution in [0.5, 0.6) is 0 Å². The van der Waals surface area contributed by atoms with E-state index in [0.717, 1.165) is 44.3 Å². The third-order valence-corrected chi connectivity index (χ3v) is 10.5. The van der Waals surface area contributed by atoms with Crippen molar-refractivity contribution in [3.05, 3.63) is 176 Å². The Balaban J connectivity index is 1.31. The molecular formula is C48H29N3. The number of aromatic nitrogens is 3. The van der Waals surface area contributed by atoms with Crippen LogP contribution in [-0.4, -0.2) is 14.5 Å². The van der Waals surface area contributed by atoms with Crippen molar-refractivity contribution in [1.29, 1.82) is 0 Å². The SMILES string of the molecule is c1ccc(-c2cc3c4ccc5ccccc5c4c4cccc5c4c3c(c2)n5-c2nc(-c3ccccc3-c3ccccc3)c3ccccc3n2)cc1. The summed E-state index contributed by atoms with van der Waals surface area (Å²) in [5.74, 6) is 0.663. The molecule has 0 atom stereocenters. The smallest absolute Gasteiger partial charge is 0.235 e. The highest BCUT2D eigenvalue weighted by atomic mass is 15.2. The minimum absolute atomic E-state index is 0.663. The van der Waals surface area contributed by atoms with E-state index in [1.54, 1.807) is 0 Å². The molecule has 11 aromatic rings. The summed E-state index contributed by atoms with van der Waals surface area (Å²) in [4.78, 5) is 10.9. The third kappa shape index (κ3) is 4.12. The molecule has 0 saturated heterocycles. The zero-order valence-electron chi connectivity index (χ0n) is 27.6. The van der Waals surface area contributed by atoms with Crippen molar-refractivity contribution in [2.24, 2.45) is 0 Å². The summed E-state index contributed by atoms with van der Waals surface area (Å²) in [5.41, 5.74) is 9.77. The van der Waals surface area contributed by atoms with Crippen molar-refractivity contribution in [1.82, 2.24) is 14.5 Å². The molecule has 9 aromatic carbocycles. The fraction of sp³-hybridized carbons (Fsp3) is 0. The molecule has 0 aliphatic rings. The first kappa shape index (κ1) is 28.0. The van der Waals surface area contributed by atoms with Gasteiger partial charge in [-0.15, -0.1) is 0 Å². The zero-order valence-corrected chi connectivity index (χ0v) is 27.6. The molecule has 0 fully saturated rings. The number of para-hydroxylation sites is 1. The number of nitrogens with zero attached hydrogens (tertiary/aromatic N) is 3. The first-order valence-corrected chi connectivity index (χ1v) is 17.4. The molecule has 0 amide bonds. The van der Waals surface area contributed by atoms with Crippen molar-refractivity contribution in [3.63, 3.8) is 0 Å². The molecule has 3 nitrogen and oxygen atoms in total. The van der Waals surface area contributed by atoms with Crippen LogP contribution >= 0.6 is 0 Å². The molecule has 2 aromatic heterocycles. The molecule has 0 N–H and O–H groups in total. The van der Waals surface area contributed by atoms with Crippen molar-refractivity contribution in [2.45, 2.75) is 0 Å². The quantitative estimate of drug-likeness (QED) is 0.178. The van der Waals surface area contributed by atoms with Crippen molar-refractivity contribution < 1.29 is 0 Å². The molecule has 0 bridgehead atoms. The second-order valence-corrected chi connectivity index (χ2v) is 13.3. The van der Waals surface area contributed by atoms with Crippen LogP contribution in [0.15, 0.2) is 176 Å². The Morgan fingerprint density at radius 1 is 0.353 bits per heavy atom. The molecule has 0 unspecified atom stereocenters. The third-order valence-electron chi connectivity index (χ3n) is 10.5. The number of benzene rings is 9. The van der Waals surface area contributed by atoms with Gasteiger partial charge in [-0.05, 0) is 78.8 Å². The van der Waals surface area contributed by atoms with Crippen LogP contribution in [0.3, 0.4) is 0 Å². The van der Waals surface area contributed by atoms with Crippen LogP contribution in [0, 0.1) is 0 Å². The average Bonchev–Trinajstić information content (AvgIpc) is 3.55. The maximum atomic E-state index is 5.53. The number of fused-ring (bicyclic) bond motifs is 6. The predicted molar refractivity (Wildman–Crippen MR) is 214 cm³/mol. The lowest BCUT2D eigenvalue weighted by Gasteiger charge is -2.15. The van der Waals surface area contributed by atoms with Crippen LogP contribution < -0.4 is 0 Å². The summed E-state index contributed by atoms with van der Waals surface area (Å²) in [6.07, 6.45) is 0. The van der Waals surface area contributed by atoms with Gasteiger partial charge in [-0.3, -0.25) is 4.57 Å². The van der Waals surface area contributed by atoms with Gasteiger partial charge in [0.1, 0.15) is 0 Å². The van der Waals surface area contributed by atoms with Crippen LogP contribution in [0.25, 0.3) is 104 Å². The minimum Gasteiger partial charge on any atom is -0.278 e. The van der Waals surface area contributed by atoms with Crippen molar-refractivity contribution in [2.75, 3.05) is 0 Å². The molecular weight excluding hydrogens is 619 g/mol. The van der Waals surface area contributed by atoms with E-state index in [1.165, 1.54) is 54.2 Å². The van der Waals surface area contributed by atoms with Crippen LogP contribution in [0.2, 0.25) is 0 Å². The van der Waals surface area contributed by atoms with Gasteiger partial charge in [0.25, 0.3) is 0 Å². The lowest BCUT2D eigenvalue weighted by molar-refractivity contribution is 1.01. The van der Waals surface area contributed by atoms with Gasteiger partial charge in [0.15, 0.2) is 0 Å². The molecule has 51 heavy (non-hydrogen) atoms.